The first-order valence-electron chi connectivity index (χ1n) is 9.96. The van der Waals surface area contributed by atoms with Gasteiger partial charge >= 0.3 is 0 Å². The largest absolute Gasteiger partial charge is 0.486 e. The van der Waals surface area contributed by atoms with Gasteiger partial charge in [-0.15, -0.1) is 0 Å². The molecule has 28 heavy (non-hydrogen) atoms. The van der Waals surface area contributed by atoms with E-state index in [1.807, 2.05) is 24.3 Å². The molecule has 0 radical (unpaired) electrons. The predicted octanol–water partition coefficient (Wildman–Crippen LogP) is 3.74. The van der Waals surface area contributed by atoms with E-state index in [1.54, 1.807) is 6.07 Å². The minimum atomic E-state index is -0.106. The summed E-state index contributed by atoms with van der Waals surface area (Å²) in [7, 11) is 0. The van der Waals surface area contributed by atoms with E-state index < -0.39 is 0 Å². The third kappa shape index (κ3) is 4.50. The highest BCUT2D eigenvalue weighted by Crippen LogP contribution is 2.32. The maximum Gasteiger partial charge on any atom is 0.243 e. The number of hydrogen-bond acceptors (Lipinski definition) is 5. The number of anilines is 3. The molecular weight excluding hydrogens is 354 g/mol. The van der Waals surface area contributed by atoms with Gasteiger partial charge in [0.1, 0.15) is 13.2 Å². The highest BCUT2D eigenvalue weighted by molar-refractivity contribution is 5.94. The minimum Gasteiger partial charge on any atom is -0.486 e. The van der Waals surface area contributed by atoms with Crippen molar-refractivity contribution in [1.82, 2.24) is 0 Å². The van der Waals surface area contributed by atoms with E-state index in [9.17, 15) is 4.79 Å². The van der Waals surface area contributed by atoms with Crippen molar-refractivity contribution in [3.8, 4) is 11.5 Å². The van der Waals surface area contributed by atoms with Gasteiger partial charge in [-0.2, -0.15) is 0 Å². The Morgan fingerprint density at radius 3 is 2.43 bits per heavy atom. The van der Waals surface area contributed by atoms with E-state index in [0.29, 0.717) is 30.4 Å². The fraction of sp³-hybridized carbons (Fsp3) is 0.409. The number of amides is 1. The fourth-order valence-electron chi connectivity index (χ4n) is 3.57. The summed E-state index contributed by atoms with van der Waals surface area (Å²) in [6, 6.07) is 13.7. The zero-order valence-electron chi connectivity index (χ0n) is 16.2. The van der Waals surface area contributed by atoms with Crippen LogP contribution in [0.5, 0.6) is 11.5 Å². The topological polar surface area (TPSA) is 62.8 Å². The molecule has 4 rings (SSSR count). The molecule has 0 aromatic heterocycles. The molecule has 2 N–H and O–H groups in total. The molecule has 0 bridgehead atoms. The number of ether oxygens (including phenoxy) is 2. The first-order valence-corrected chi connectivity index (χ1v) is 9.96. The number of hydrogen-bond donors (Lipinski definition) is 2. The van der Waals surface area contributed by atoms with Crippen molar-refractivity contribution in [1.29, 1.82) is 0 Å². The van der Waals surface area contributed by atoms with Gasteiger partial charge in [0.05, 0.1) is 6.54 Å². The van der Waals surface area contributed by atoms with Crippen LogP contribution in [0.15, 0.2) is 42.5 Å². The van der Waals surface area contributed by atoms with Crippen LogP contribution in [0, 0.1) is 5.92 Å². The Hall–Kier alpha value is -2.89. The number of piperidine rings is 1. The Labute approximate surface area is 165 Å². The van der Waals surface area contributed by atoms with Gasteiger partial charge in [-0.3, -0.25) is 4.79 Å². The smallest absolute Gasteiger partial charge is 0.243 e. The third-order valence-corrected chi connectivity index (χ3v) is 5.30. The molecule has 6 nitrogen and oxygen atoms in total. The van der Waals surface area contributed by atoms with Crippen LogP contribution in [0.25, 0.3) is 0 Å². The van der Waals surface area contributed by atoms with Gasteiger partial charge in [-0.1, -0.05) is 6.92 Å². The maximum absolute atomic E-state index is 12.2. The number of rotatable bonds is 5. The van der Waals surface area contributed by atoms with Crippen LogP contribution in [0.2, 0.25) is 0 Å². The predicted molar refractivity (Wildman–Crippen MR) is 112 cm³/mol. The van der Waals surface area contributed by atoms with Crippen LogP contribution in [-0.2, 0) is 4.79 Å². The highest BCUT2D eigenvalue weighted by Gasteiger charge is 2.16. The average molecular weight is 381 g/mol. The second-order valence-corrected chi connectivity index (χ2v) is 7.48. The lowest BCUT2D eigenvalue weighted by Crippen LogP contribution is -2.32. The van der Waals surface area contributed by atoms with Gasteiger partial charge in [0.15, 0.2) is 11.5 Å². The lowest BCUT2D eigenvalue weighted by Gasteiger charge is -2.32. The van der Waals surface area contributed by atoms with Crippen LogP contribution < -0.4 is 25.0 Å². The molecule has 1 fully saturated rings. The summed E-state index contributed by atoms with van der Waals surface area (Å²) < 4.78 is 11.0. The molecule has 6 heteroatoms. The molecule has 0 unspecified atom stereocenters. The minimum absolute atomic E-state index is 0.106. The molecule has 1 amide bonds. The van der Waals surface area contributed by atoms with Gasteiger partial charge in [0, 0.05) is 36.2 Å². The Morgan fingerprint density at radius 1 is 1.00 bits per heavy atom. The molecule has 0 saturated carbocycles. The van der Waals surface area contributed by atoms with E-state index in [0.717, 1.165) is 24.7 Å². The summed E-state index contributed by atoms with van der Waals surface area (Å²) in [4.78, 5) is 14.7. The van der Waals surface area contributed by atoms with E-state index in [1.165, 1.54) is 18.5 Å². The van der Waals surface area contributed by atoms with E-state index in [-0.39, 0.29) is 12.5 Å². The van der Waals surface area contributed by atoms with E-state index in [4.69, 9.17) is 9.47 Å². The summed E-state index contributed by atoms with van der Waals surface area (Å²) in [5.41, 5.74) is 2.88. The van der Waals surface area contributed by atoms with Crippen molar-refractivity contribution >= 4 is 23.0 Å². The van der Waals surface area contributed by atoms with Crippen LogP contribution in [0.1, 0.15) is 19.8 Å². The average Bonchev–Trinajstić information content (AvgIpc) is 2.73. The maximum atomic E-state index is 12.2. The summed E-state index contributed by atoms with van der Waals surface area (Å²) >= 11 is 0. The van der Waals surface area contributed by atoms with E-state index in [2.05, 4.69) is 34.6 Å². The highest BCUT2D eigenvalue weighted by atomic mass is 16.6. The lowest BCUT2D eigenvalue weighted by atomic mass is 9.99. The quantitative estimate of drug-likeness (QED) is 0.826. The van der Waals surface area contributed by atoms with Crippen molar-refractivity contribution < 1.29 is 14.3 Å². The van der Waals surface area contributed by atoms with Gasteiger partial charge in [0.25, 0.3) is 0 Å². The molecule has 2 aliphatic rings. The molecule has 2 aliphatic heterocycles. The molecule has 2 heterocycles. The van der Waals surface area contributed by atoms with Crippen LogP contribution in [0.3, 0.4) is 0 Å². The Kier molecular flexibility index (Phi) is 5.55. The van der Waals surface area contributed by atoms with Crippen LogP contribution in [0.4, 0.5) is 17.1 Å². The monoisotopic (exact) mass is 381 g/mol. The molecule has 148 valence electrons. The number of nitrogens with zero attached hydrogens (tertiary/aromatic N) is 1. The Morgan fingerprint density at radius 2 is 1.68 bits per heavy atom. The summed E-state index contributed by atoms with van der Waals surface area (Å²) in [6.07, 6.45) is 2.50. The summed E-state index contributed by atoms with van der Waals surface area (Å²) in [6.45, 7) is 5.84. The SMILES string of the molecule is CC1CCN(c2ccc(NCC(=O)Nc3ccc4c(c3)OCCO4)cc2)CC1. The zero-order valence-corrected chi connectivity index (χ0v) is 16.2. The number of nitrogens with one attached hydrogen (secondary N) is 2. The van der Waals surface area contributed by atoms with Crippen molar-refractivity contribution in [2.24, 2.45) is 5.92 Å². The van der Waals surface area contributed by atoms with Gasteiger partial charge in [-0.25, -0.2) is 0 Å². The van der Waals surface area contributed by atoms with Crippen molar-refractivity contribution in [2.75, 3.05) is 48.4 Å². The number of benzene rings is 2. The van der Waals surface area contributed by atoms with Crippen LogP contribution >= 0.6 is 0 Å². The third-order valence-electron chi connectivity index (χ3n) is 5.30. The van der Waals surface area contributed by atoms with Crippen LogP contribution in [-0.4, -0.2) is 38.8 Å². The first-order chi connectivity index (χ1) is 13.7. The first kappa shape index (κ1) is 18.5. The van der Waals surface area contributed by atoms with Crippen molar-refractivity contribution in [3.63, 3.8) is 0 Å². The van der Waals surface area contributed by atoms with Crippen molar-refractivity contribution in [3.05, 3.63) is 42.5 Å². The van der Waals surface area contributed by atoms with Gasteiger partial charge in [0.2, 0.25) is 5.91 Å². The molecule has 2 aromatic carbocycles. The second kappa shape index (κ2) is 8.42. The molecule has 0 spiro atoms. The molecule has 2 aromatic rings. The fourth-order valence-corrected chi connectivity index (χ4v) is 3.57. The summed E-state index contributed by atoms with van der Waals surface area (Å²) in [5.74, 6) is 2.10. The molecular formula is C22H27N3O3. The number of carbonyl (C=O) groups excluding carboxylic acids is 1. The number of fused-ring (bicyclic) bond motifs is 1. The summed E-state index contributed by atoms with van der Waals surface area (Å²) in [5, 5.41) is 6.06. The van der Waals surface area contributed by atoms with Gasteiger partial charge in [-0.05, 0) is 55.2 Å². The van der Waals surface area contributed by atoms with E-state index >= 15 is 0 Å². The lowest BCUT2D eigenvalue weighted by molar-refractivity contribution is -0.114. The zero-order chi connectivity index (χ0) is 19.3. The Balaban J connectivity index is 1.27. The normalized spacial score (nSPS) is 16.5. The molecule has 1 saturated heterocycles. The second-order valence-electron chi connectivity index (χ2n) is 7.48. The Bertz CT molecular complexity index is 814. The standard InChI is InChI=1S/C22H27N3O3/c1-16-8-10-25(11-9-16)19-5-2-17(3-6-19)23-15-22(26)24-18-4-7-20-21(14-18)28-13-12-27-20/h2-7,14,16,23H,8-13,15H2,1H3,(H,24,26). The molecule has 0 aliphatic carbocycles. The van der Waals surface area contributed by atoms with Gasteiger partial charge < -0.3 is 25.0 Å². The molecule has 0 atom stereocenters. The number of carbonyl (C=O) groups is 1. The van der Waals surface area contributed by atoms with Crippen molar-refractivity contribution in [2.45, 2.75) is 19.8 Å².